The highest BCUT2D eigenvalue weighted by molar-refractivity contribution is 6.34. The van der Waals surface area contributed by atoms with E-state index >= 15 is 0 Å². The van der Waals surface area contributed by atoms with Crippen LogP contribution in [-0.4, -0.2) is 28.5 Å². The number of carbonyl (C=O) groups is 2. The predicted molar refractivity (Wildman–Crippen MR) is 105 cm³/mol. The molecule has 6 nitrogen and oxygen atoms in total. The highest BCUT2D eigenvalue weighted by Gasteiger charge is 2.38. The van der Waals surface area contributed by atoms with Gasteiger partial charge in [0.25, 0.3) is 11.8 Å². The van der Waals surface area contributed by atoms with Crippen LogP contribution in [0.5, 0.6) is 5.75 Å². The van der Waals surface area contributed by atoms with Gasteiger partial charge in [0.15, 0.2) is 0 Å². The lowest BCUT2D eigenvalue weighted by atomic mass is 10.1. The minimum atomic E-state index is -0.340. The molecule has 3 heterocycles. The minimum absolute atomic E-state index is 0.340. The molecule has 28 heavy (non-hydrogen) atoms. The average Bonchev–Trinajstić information content (AvgIpc) is 3.23. The first-order chi connectivity index (χ1) is 13.7. The molecule has 2 aromatic carbocycles. The smallest absolute Gasteiger partial charge is 0.267 e. The zero-order valence-corrected chi connectivity index (χ0v) is 15.0. The number of fused-ring (bicyclic) bond motifs is 2. The normalized spacial score (nSPS) is 13.2. The van der Waals surface area contributed by atoms with Gasteiger partial charge in [0.1, 0.15) is 17.4 Å². The first-order valence-electron chi connectivity index (χ1n) is 8.78. The second-order valence-corrected chi connectivity index (χ2v) is 6.44. The lowest BCUT2D eigenvalue weighted by Gasteiger charge is -2.17. The Hall–Kier alpha value is -3.93. The van der Waals surface area contributed by atoms with Crippen molar-refractivity contribution in [3.05, 3.63) is 84.1 Å². The fraction of sp³-hybridized carbons (Fsp3) is 0.0455. The highest BCUT2D eigenvalue weighted by Crippen LogP contribution is 2.36. The van der Waals surface area contributed by atoms with Crippen molar-refractivity contribution in [3.8, 4) is 11.6 Å². The lowest BCUT2D eigenvalue weighted by molar-refractivity contribution is 0.0924. The van der Waals surface area contributed by atoms with E-state index in [9.17, 15) is 9.59 Å². The van der Waals surface area contributed by atoms with Gasteiger partial charge < -0.3 is 4.74 Å². The van der Waals surface area contributed by atoms with Gasteiger partial charge in [0.05, 0.1) is 23.8 Å². The van der Waals surface area contributed by atoms with Gasteiger partial charge in [-0.05, 0) is 48.5 Å². The number of anilines is 1. The summed E-state index contributed by atoms with van der Waals surface area (Å²) < 4.78 is 7.14. The summed E-state index contributed by atoms with van der Waals surface area (Å²) in [6, 6.07) is 19.8. The fourth-order valence-electron chi connectivity index (χ4n) is 3.59. The van der Waals surface area contributed by atoms with E-state index in [1.807, 2.05) is 47.0 Å². The van der Waals surface area contributed by atoms with Crippen LogP contribution in [0.1, 0.15) is 20.7 Å². The molecule has 6 heteroatoms. The Morgan fingerprint density at radius 1 is 0.857 bits per heavy atom. The monoisotopic (exact) mass is 369 g/mol. The third-order valence-corrected chi connectivity index (χ3v) is 4.89. The Labute approximate surface area is 160 Å². The van der Waals surface area contributed by atoms with Crippen LogP contribution in [0.15, 0.2) is 72.9 Å². The van der Waals surface area contributed by atoms with E-state index < -0.39 is 0 Å². The molecule has 0 unspecified atom stereocenters. The van der Waals surface area contributed by atoms with E-state index in [1.165, 1.54) is 4.90 Å². The Bertz CT molecular complexity index is 1210. The Morgan fingerprint density at radius 3 is 2.21 bits per heavy atom. The molecular weight excluding hydrogens is 354 g/mol. The molecule has 0 spiro atoms. The zero-order valence-electron chi connectivity index (χ0n) is 15.0. The molecule has 0 N–H and O–H groups in total. The second kappa shape index (κ2) is 6.06. The Balaban J connectivity index is 1.78. The number of hydrogen-bond donors (Lipinski definition) is 0. The molecule has 4 aromatic rings. The molecule has 1 aliphatic rings. The maximum Gasteiger partial charge on any atom is 0.267 e. The fourth-order valence-corrected chi connectivity index (χ4v) is 3.59. The van der Waals surface area contributed by atoms with E-state index in [-0.39, 0.29) is 11.8 Å². The Kier molecular flexibility index (Phi) is 3.52. The summed E-state index contributed by atoms with van der Waals surface area (Å²) in [6.45, 7) is 0. The van der Waals surface area contributed by atoms with Crippen molar-refractivity contribution >= 4 is 28.5 Å². The molecular formula is C22H15N3O3. The van der Waals surface area contributed by atoms with Crippen LogP contribution < -0.4 is 9.64 Å². The highest BCUT2D eigenvalue weighted by atomic mass is 16.5. The summed E-state index contributed by atoms with van der Waals surface area (Å²) in [6.07, 6.45) is 1.68. The topological polar surface area (TPSA) is 64.4 Å². The largest absolute Gasteiger partial charge is 0.497 e. The third kappa shape index (κ3) is 2.24. The number of pyridine rings is 1. The average molecular weight is 369 g/mol. The number of rotatable bonds is 3. The molecule has 136 valence electrons. The standard InChI is InChI=1S/C22H15N3O3/c1-28-15-9-10-18-14(12-15)13-20(24(18)19-8-4-5-11-23-19)25-21(26)16-6-2-3-7-17(16)22(25)27/h2-13H,1H3. The number of amides is 2. The summed E-state index contributed by atoms with van der Waals surface area (Å²) in [7, 11) is 1.60. The van der Waals surface area contributed by atoms with Crippen molar-refractivity contribution in [2.24, 2.45) is 0 Å². The van der Waals surface area contributed by atoms with Gasteiger partial charge in [-0.1, -0.05) is 18.2 Å². The van der Waals surface area contributed by atoms with Crippen LogP contribution >= 0.6 is 0 Å². The van der Waals surface area contributed by atoms with Crippen LogP contribution in [0.4, 0.5) is 5.82 Å². The first kappa shape index (κ1) is 16.3. The molecule has 0 atom stereocenters. The molecule has 1 aliphatic heterocycles. The summed E-state index contributed by atoms with van der Waals surface area (Å²) in [5.41, 5.74) is 1.64. The molecule has 0 saturated heterocycles. The molecule has 0 saturated carbocycles. The van der Waals surface area contributed by atoms with E-state index in [0.29, 0.717) is 28.5 Å². The van der Waals surface area contributed by atoms with Gasteiger partial charge in [0.2, 0.25) is 0 Å². The second-order valence-electron chi connectivity index (χ2n) is 6.44. The molecule has 0 aliphatic carbocycles. The quantitative estimate of drug-likeness (QED) is 0.515. The van der Waals surface area contributed by atoms with E-state index in [4.69, 9.17) is 4.74 Å². The first-order valence-corrected chi connectivity index (χ1v) is 8.78. The number of aromatic nitrogens is 2. The van der Waals surface area contributed by atoms with Crippen molar-refractivity contribution in [2.45, 2.75) is 0 Å². The van der Waals surface area contributed by atoms with Gasteiger partial charge in [-0.25, -0.2) is 9.88 Å². The summed E-state index contributed by atoms with van der Waals surface area (Å²) in [5, 5.41) is 0.844. The Morgan fingerprint density at radius 2 is 1.57 bits per heavy atom. The molecule has 2 aromatic heterocycles. The maximum absolute atomic E-state index is 13.0. The predicted octanol–water partition coefficient (Wildman–Crippen LogP) is 3.83. The van der Waals surface area contributed by atoms with Crippen molar-refractivity contribution in [3.63, 3.8) is 0 Å². The van der Waals surface area contributed by atoms with Crippen molar-refractivity contribution in [1.82, 2.24) is 9.55 Å². The number of carbonyl (C=O) groups excluding carboxylic acids is 2. The molecule has 0 fully saturated rings. The summed E-state index contributed by atoms with van der Waals surface area (Å²) >= 11 is 0. The van der Waals surface area contributed by atoms with Crippen LogP contribution in [0.25, 0.3) is 16.7 Å². The number of nitrogens with zero attached hydrogens (tertiary/aromatic N) is 3. The van der Waals surface area contributed by atoms with E-state index in [0.717, 1.165) is 10.9 Å². The summed E-state index contributed by atoms with van der Waals surface area (Å²) in [5.74, 6) is 1.09. The zero-order chi connectivity index (χ0) is 19.3. The minimum Gasteiger partial charge on any atom is -0.497 e. The van der Waals surface area contributed by atoms with E-state index in [2.05, 4.69) is 4.98 Å². The van der Waals surface area contributed by atoms with Gasteiger partial charge in [0, 0.05) is 11.6 Å². The molecule has 2 amide bonds. The number of methoxy groups -OCH3 is 1. The SMILES string of the molecule is COc1ccc2c(c1)cc(N1C(=O)c3ccccc3C1=O)n2-c1ccccn1. The van der Waals surface area contributed by atoms with Crippen LogP contribution in [-0.2, 0) is 0 Å². The van der Waals surface area contributed by atoms with Crippen LogP contribution in [0, 0.1) is 0 Å². The van der Waals surface area contributed by atoms with Crippen molar-refractivity contribution in [1.29, 1.82) is 0 Å². The molecule has 0 bridgehead atoms. The van der Waals surface area contributed by atoms with Crippen molar-refractivity contribution < 1.29 is 14.3 Å². The number of imide groups is 1. The van der Waals surface area contributed by atoms with Crippen LogP contribution in [0.2, 0.25) is 0 Å². The van der Waals surface area contributed by atoms with Gasteiger partial charge in [-0.3, -0.25) is 14.2 Å². The molecule has 0 radical (unpaired) electrons. The van der Waals surface area contributed by atoms with Gasteiger partial charge in [-0.2, -0.15) is 0 Å². The van der Waals surface area contributed by atoms with Gasteiger partial charge >= 0.3 is 0 Å². The van der Waals surface area contributed by atoms with E-state index in [1.54, 1.807) is 37.6 Å². The lowest BCUT2D eigenvalue weighted by Crippen LogP contribution is -2.31. The summed E-state index contributed by atoms with van der Waals surface area (Å²) in [4.78, 5) is 31.7. The molecule has 5 rings (SSSR count). The number of benzene rings is 2. The van der Waals surface area contributed by atoms with Crippen molar-refractivity contribution in [2.75, 3.05) is 12.0 Å². The van der Waals surface area contributed by atoms with Gasteiger partial charge in [-0.15, -0.1) is 0 Å². The maximum atomic E-state index is 13.0. The number of hydrogen-bond acceptors (Lipinski definition) is 4. The van der Waals surface area contributed by atoms with Crippen LogP contribution in [0.3, 0.4) is 0 Å². The third-order valence-electron chi connectivity index (χ3n) is 4.89. The number of ether oxygens (including phenoxy) is 1.